The summed E-state index contributed by atoms with van der Waals surface area (Å²) in [6.45, 7) is 0. The van der Waals surface area contributed by atoms with E-state index in [-0.39, 0.29) is 5.97 Å². The van der Waals surface area contributed by atoms with Crippen molar-refractivity contribution >= 4 is 22.8 Å². The van der Waals surface area contributed by atoms with Gasteiger partial charge in [-0.25, -0.2) is 14.8 Å². The molecule has 0 saturated heterocycles. The molecule has 1 N–H and O–H groups in total. The van der Waals surface area contributed by atoms with Crippen molar-refractivity contribution in [1.29, 1.82) is 0 Å². The van der Waals surface area contributed by atoms with Crippen molar-refractivity contribution in [3.8, 4) is 0 Å². The zero-order valence-electron chi connectivity index (χ0n) is 9.02. The van der Waals surface area contributed by atoms with Gasteiger partial charge in [0.2, 0.25) is 5.95 Å². The lowest BCUT2D eigenvalue weighted by Crippen LogP contribution is -2.01. The van der Waals surface area contributed by atoms with E-state index in [9.17, 15) is 4.79 Å². The van der Waals surface area contributed by atoms with E-state index >= 15 is 0 Å². The fraction of sp³-hybridized carbons (Fsp3) is 0.182. The van der Waals surface area contributed by atoms with Crippen LogP contribution in [-0.2, 0) is 4.74 Å². The number of nitrogens with one attached hydrogen (secondary N) is 1. The van der Waals surface area contributed by atoms with Crippen LogP contribution in [0.5, 0.6) is 0 Å². The molecule has 0 unspecified atom stereocenters. The molecule has 1 aromatic carbocycles. The number of fused-ring (bicyclic) bond motifs is 1. The summed E-state index contributed by atoms with van der Waals surface area (Å²) in [6.07, 6.45) is 1.67. The fourth-order valence-corrected chi connectivity index (χ4v) is 1.40. The SMILES string of the molecule is CNc1ncc2cc(C(=O)OC)ccc2n1. The molecular formula is C11H11N3O2. The van der Waals surface area contributed by atoms with Gasteiger partial charge in [-0.2, -0.15) is 0 Å². The van der Waals surface area contributed by atoms with E-state index in [1.165, 1.54) is 7.11 Å². The van der Waals surface area contributed by atoms with Crippen LogP contribution in [0.25, 0.3) is 10.9 Å². The smallest absolute Gasteiger partial charge is 0.337 e. The molecule has 0 aliphatic rings. The molecule has 2 aromatic rings. The number of carbonyl (C=O) groups excluding carboxylic acids is 1. The van der Waals surface area contributed by atoms with Crippen molar-refractivity contribution < 1.29 is 9.53 Å². The second kappa shape index (κ2) is 4.14. The Hall–Kier alpha value is -2.17. The molecule has 0 aliphatic heterocycles. The number of hydrogen-bond acceptors (Lipinski definition) is 5. The highest BCUT2D eigenvalue weighted by molar-refractivity contribution is 5.94. The summed E-state index contributed by atoms with van der Waals surface area (Å²) in [4.78, 5) is 19.6. The highest BCUT2D eigenvalue weighted by atomic mass is 16.5. The molecule has 0 aliphatic carbocycles. The maximum Gasteiger partial charge on any atom is 0.337 e. The van der Waals surface area contributed by atoms with E-state index in [2.05, 4.69) is 20.0 Å². The topological polar surface area (TPSA) is 64.1 Å². The lowest BCUT2D eigenvalue weighted by molar-refractivity contribution is 0.0601. The number of carbonyl (C=O) groups is 1. The summed E-state index contributed by atoms with van der Waals surface area (Å²) >= 11 is 0. The lowest BCUT2D eigenvalue weighted by atomic mass is 10.1. The first-order chi connectivity index (χ1) is 7.74. The van der Waals surface area contributed by atoms with Crippen LogP contribution in [0.4, 0.5) is 5.95 Å². The minimum absolute atomic E-state index is 0.361. The van der Waals surface area contributed by atoms with Gasteiger partial charge >= 0.3 is 5.97 Å². The Morgan fingerprint density at radius 1 is 1.44 bits per heavy atom. The predicted molar refractivity (Wildman–Crippen MR) is 60.4 cm³/mol. The van der Waals surface area contributed by atoms with Gasteiger partial charge in [0.15, 0.2) is 0 Å². The average Bonchev–Trinajstić information content (AvgIpc) is 2.36. The largest absolute Gasteiger partial charge is 0.465 e. The van der Waals surface area contributed by atoms with E-state index in [1.807, 2.05) is 0 Å². The molecule has 0 saturated carbocycles. The normalized spacial score (nSPS) is 10.1. The Labute approximate surface area is 92.5 Å². The Bertz CT molecular complexity index is 540. The zero-order valence-corrected chi connectivity index (χ0v) is 9.02. The van der Waals surface area contributed by atoms with Crippen molar-refractivity contribution in [3.05, 3.63) is 30.0 Å². The van der Waals surface area contributed by atoms with Crippen LogP contribution >= 0.6 is 0 Å². The second-order valence-electron chi connectivity index (χ2n) is 3.21. The maximum absolute atomic E-state index is 11.3. The molecule has 16 heavy (non-hydrogen) atoms. The number of benzene rings is 1. The summed E-state index contributed by atoms with van der Waals surface area (Å²) in [6, 6.07) is 5.16. The second-order valence-corrected chi connectivity index (χ2v) is 3.21. The maximum atomic E-state index is 11.3. The van der Waals surface area contributed by atoms with Crippen molar-refractivity contribution in [1.82, 2.24) is 9.97 Å². The molecular weight excluding hydrogens is 206 g/mol. The third-order valence-corrected chi connectivity index (χ3v) is 2.22. The molecule has 1 heterocycles. The average molecular weight is 217 g/mol. The van der Waals surface area contributed by atoms with Crippen LogP contribution in [0.1, 0.15) is 10.4 Å². The number of nitrogens with zero attached hydrogens (tertiary/aromatic N) is 2. The highest BCUT2D eigenvalue weighted by Gasteiger charge is 2.06. The fourth-order valence-electron chi connectivity index (χ4n) is 1.40. The summed E-state index contributed by atoms with van der Waals surface area (Å²) in [7, 11) is 3.11. The summed E-state index contributed by atoms with van der Waals surface area (Å²) < 4.78 is 4.64. The van der Waals surface area contributed by atoms with Gasteiger partial charge in [0.1, 0.15) is 0 Å². The monoisotopic (exact) mass is 217 g/mol. The van der Waals surface area contributed by atoms with Gasteiger partial charge in [0.05, 0.1) is 18.2 Å². The Morgan fingerprint density at radius 2 is 2.25 bits per heavy atom. The van der Waals surface area contributed by atoms with Gasteiger partial charge in [-0.05, 0) is 18.2 Å². The molecule has 0 spiro atoms. The number of esters is 1. The van der Waals surface area contributed by atoms with Gasteiger partial charge in [-0.15, -0.1) is 0 Å². The number of rotatable bonds is 2. The highest BCUT2D eigenvalue weighted by Crippen LogP contribution is 2.15. The Balaban J connectivity index is 2.51. The first-order valence-corrected chi connectivity index (χ1v) is 4.77. The quantitative estimate of drug-likeness (QED) is 0.771. The molecule has 82 valence electrons. The van der Waals surface area contributed by atoms with E-state index in [0.29, 0.717) is 11.5 Å². The van der Waals surface area contributed by atoms with Crippen LogP contribution in [0.15, 0.2) is 24.4 Å². The van der Waals surface area contributed by atoms with Crippen molar-refractivity contribution in [2.45, 2.75) is 0 Å². The number of methoxy groups -OCH3 is 1. The molecule has 5 heteroatoms. The molecule has 0 amide bonds. The van der Waals surface area contributed by atoms with E-state index in [4.69, 9.17) is 0 Å². The first-order valence-electron chi connectivity index (χ1n) is 4.77. The van der Waals surface area contributed by atoms with Gasteiger partial charge in [0, 0.05) is 18.6 Å². The third-order valence-electron chi connectivity index (χ3n) is 2.22. The zero-order chi connectivity index (χ0) is 11.5. The van der Waals surface area contributed by atoms with Gasteiger partial charge in [-0.1, -0.05) is 0 Å². The third kappa shape index (κ3) is 1.79. The number of aromatic nitrogens is 2. The van der Waals surface area contributed by atoms with Crippen LogP contribution in [-0.4, -0.2) is 30.1 Å². The first kappa shape index (κ1) is 10.4. The van der Waals surface area contributed by atoms with E-state index in [0.717, 1.165) is 10.9 Å². The number of ether oxygens (including phenoxy) is 1. The van der Waals surface area contributed by atoms with Crippen LogP contribution in [0.3, 0.4) is 0 Å². The van der Waals surface area contributed by atoms with Gasteiger partial charge in [-0.3, -0.25) is 0 Å². The predicted octanol–water partition coefficient (Wildman–Crippen LogP) is 1.46. The molecule has 2 rings (SSSR count). The summed E-state index contributed by atoms with van der Waals surface area (Å²) in [5, 5.41) is 3.66. The van der Waals surface area contributed by atoms with E-state index < -0.39 is 0 Å². The molecule has 5 nitrogen and oxygen atoms in total. The van der Waals surface area contributed by atoms with Crippen molar-refractivity contribution in [2.24, 2.45) is 0 Å². The van der Waals surface area contributed by atoms with Crippen molar-refractivity contribution in [2.75, 3.05) is 19.5 Å². The van der Waals surface area contributed by atoms with Gasteiger partial charge < -0.3 is 10.1 Å². The molecule has 0 fully saturated rings. The lowest BCUT2D eigenvalue weighted by Gasteiger charge is -2.03. The summed E-state index contributed by atoms with van der Waals surface area (Å²) in [5.74, 6) is 0.193. The minimum Gasteiger partial charge on any atom is -0.465 e. The standard InChI is InChI=1S/C11H11N3O2/c1-12-11-13-6-8-5-7(10(15)16-2)3-4-9(8)14-11/h3-6H,1-2H3,(H,12,13,14). The number of anilines is 1. The Kier molecular flexibility index (Phi) is 2.68. The summed E-state index contributed by atoms with van der Waals surface area (Å²) in [5.41, 5.74) is 1.28. The van der Waals surface area contributed by atoms with Crippen LogP contribution in [0.2, 0.25) is 0 Å². The molecule has 1 aromatic heterocycles. The minimum atomic E-state index is -0.361. The van der Waals surface area contributed by atoms with Crippen LogP contribution < -0.4 is 5.32 Å². The molecule has 0 atom stereocenters. The van der Waals surface area contributed by atoms with Crippen LogP contribution in [0, 0.1) is 0 Å². The Morgan fingerprint density at radius 3 is 2.94 bits per heavy atom. The van der Waals surface area contributed by atoms with Crippen molar-refractivity contribution in [3.63, 3.8) is 0 Å². The molecule has 0 bridgehead atoms. The molecule has 0 radical (unpaired) electrons. The van der Waals surface area contributed by atoms with Gasteiger partial charge in [0.25, 0.3) is 0 Å². The van der Waals surface area contributed by atoms with E-state index in [1.54, 1.807) is 31.4 Å². The number of hydrogen-bond donors (Lipinski definition) is 1.